The highest BCUT2D eigenvalue weighted by Crippen LogP contribution is 2.20. The summed E-state index contributed by atoms with van der Waals surface area (Å²) in [6, 6.07) is 25.7. The zero-order valence-corrected chi connectivity index (χ0v) is 17.8. The SMILES string of the molecule is CC1C=CC=C(CNc2ccc(C(=O)c3ccc(NCc4ccccc4)cc3)cc2)C1. The maximum Gasteiger partial charge on any atom is 0.193 e. The molecule has 0 aromatic heterocycles. The minimum atomic E-state index is 0.0371. The lowest BCUT2D eigenvalue weighted by molar-refractivity contribution is 0.103. The second-order valence-corrected chi connectivity index (χ2v) is 8.07. The Kier molecular flexibility index (Phi) is 6.63. The third-order valence-electron chi connectivity index (χ3n) is 5.51. The van der Waals surface area contributed by atoms with Gasteiger partial charge in [0.15, 0.2) is 5.78 Å². The summed E-state index contributed by atoms with van der Waals surface area (Å²) in [5.41, 5.74) is 6.04. The number of anilines is 2. The van der Waals surface area contributed by atoms with E-state index in [4.69, 9.17) is 0 Å². The largest absolute Gasteiger partial charge is 0.381 e. The average Bonchev–Trinajstić information content (AvgIpc) is 2.82. The van der Waals surface area contributed by atoms with Crippen molar-refractivity contribution in [3.8, 4) is 0 Å². The zero-order chi connectivity index (χ0) is 21.5. The van der Waals surface area contributed by atoms with E-state index in [1.807, 2.05) is 66.7 Å². The van der Waals surface area contributed by atoms with E-state index in [1.165, 1.54) is 11.1 Å². The first-order chi connectivity index (χ1) is 15.2. The molecule has 0 fully saturated rings. The number of benzene rings is 3. The van der Waals surface area contributed by atoms with E-state index in [9.17, 15) is 4.79 Å². The molecule has 0 aliphatic heterocycles. The van der Waals surface area contributed by atoms with Crippen LogP contribution in [-0.2, 0) is 6.54 Å². The van der Waals surface area contributed by atoms with Gasteiger partial charge in [-0.3, -0.25) is 4.79 Å². The lowest BCUT2D eigenvalue weighted by Gasteiger charge is -2.16. The molecule has 4 rings (SSSR count). The third-order valence-corrected chi connectivity index (χ3v) is 5.51. The lowest BCUT2D eigenvalue weighted by atomic mass is 9.96. The van der Waals surface area contributed by atoms with E-state index >= 15 is 0 Å². The molecule has 1 aliphatic rings. The van der Waals surface area contributed by atoms with Gasteiger partial charge in [0.2, 0.25) is 0 Å². The van der Waals surface area contributed by atoms with Crippen LogP contribution < -0.4 is 10.6 Å². The minimum absolute atomic E-state index is 0.0371. The summed E-state index contributed by atoms with van der Waals surface area (Å²) >= 11 is 0. The molecule has 0 amide bonds. The second kappa shape index (κ2) is 9.94. The van der Waals surface area contributed by atoms with Crippen LogP contribution in [0.4, 0.5) is 11.4 Å². The standard InChI is InChI=1S/C28H28N2O/c1-21-6-5-9-23(18-21)20-30-27-16-12-25(13-17-27)28(31)24-10-14-26(15-11-24)29-19-22-7-3-2-4-8-22/h2-17,21,29-30H,18-20H2,1H3. The van der Waals surface area contributed by atoms with Gasteiger partial charge in [0.05, 0.1) is 0 Å². The highest BCUT2D eigenvalue weighted by atomic mass is 16.1. The van der Waals surface area contributed by atoms with Crippen molar-refractivity contribution in [2.45, 2.75) is 19.9 Å². The summed E-state index contributed by atoms with van der Waals surface area (Å²) in [6.07, 6.45) is 7.64. The van der Waals surface area contributed by atoms with Crippen LogP contribution in [0.25, 0.3) is 0 Å². The van der Waals surface area contributed by atoms with Crippen molar-refractivity contribution in [2.24, 2.45) is 5.92 Å². The molecule has 0 spiro atoms. The van der Waals surface area contributed by atoms with Crippen LogP contribution in [0.2, 0.25) is 0 Å². The molecule has 3 nitrogen and oxygen atoms in total. The molecule has 2 N–H and O–H groups in total. The molecular formula is C28H28N2O. The Morgan fingerprint density at radius 2 is 1.39 bits per heavy atom. The van der Waals surface area contributed by atoms with Crippen LogP contribution in [-0.4, -0.2) is 12.3 Å². The maximum absolute atomic E-state index is 12.8. The van der Waals surface area contributed by atoms with Gasteiger partial charge < -0.3 is 10.6 Å². The molecule has 1 aliphatic carbocycles. The van der Waals surface area contributed by atoms with Gasteiger partial charge in [0.25, 0.3) is 0 Å². The number of nitrogens with one attached hydrogen (secondary N) is 2. The van der Waals surface area contributed by atoms with Gasteiger partial charge in [-0.05, 0) is 66.4 Å². The normalized spacial score (nSPS) is 15.3. The summed E-state index contributed by atoms with van der Waals surface area (Å²) in [5, 5.41) is 6.84. The number of allylic oxidation sites excluding steroid dienone is 3. The highest BCUT2D eigenvalue weighted by molar-refractivity contribution is 6.09. The van der Waals surface area contributed by atoms with Crippen LogP contribution in [0.15, 0.2) is 103 Å². The minimum Gasteiger partial charge on any atom is -0.381 e. The molecule has 0 saturated heterocycles. The van der Waals surface area contributed by atoms with Crippen LogP contribution >= 0.6 is 0 Å². The third kappa shape index (κ3) is 5.73. The molecular weight excluding hydrogens is 380 g/mol. The van der Waals surface area contributed by atoms with Crippen molar-refractivity contribution in [2.75, 3.05) is 17.2 Å². The Labute approximate surface area is 184 Å². The molecule has 3 heteroatoms. The Bertz CT molecular complexity index is 1060. The summed E-state index contributed by atoms with van der Waals surface area (Å²) in [5.74, 6) is 0.636. The van der Waals surface area contributed by atoms with E-state index in [2.05, 4.69) is 47.9 Å². The monoisotopic (exact) mass is 408 g/mol. The van der Waals surface area contributed by atoms with E-state index in [1.54, 1.807) is 0 Å². The predicted octanol–water partition coefficient (Wildman–Crippen LogP) is 6.46. The van der Waals surface area contributed by atoms with Crippen molar-refractivity contribution in [1.29, 1.82) is 0 Å². The number of hydrogen-bond acceptors (Lipinski definition) is 3. The molecule has 0 radical (unpaired) electrons. The first-order valence-electron chi connectivity index (χ1n) is 10.8. The van der Waals surface area contributed by atoms with Gasteiger partial charge >= 0.3 is 0 Å². The molecule has 3 aromatic rings. The predicted molar refractivity (Wildman–Crippen MR) is 130 cm³/mol. The molecule has 31 heavy (non-hydrogen) atoms. The van der Waals surface area contributed by atoms with Gasteiger partial charge in [0.1, 0.15) is 0 Å². The van der Waals surface area contributed by atoms with Crippen molar-refractivity contribution in [3.63, 3.8) is 0 Å². The van der Waals surface area contributed by atoms with Gasteiger partial charge in [-0.25, -0.2) is 0 Å². The lowest BCUT2D eigenvalue weighted by Crippen LogP contribution is -2.09. The number of carbonyl (C=O) groups excluding carboxylic acids is 1. The van der Waals surface area contributed by atoms with Crippen LogP contribution in [0, 0.1) is 5.92 Å². The molecule has 0 bridgehead atoms. The highest BCUT2D eigenvalue weighted by Gasteiger charge is 2.10. The summed E-state index contributed by atoms with van der Waals surface area (Å²) in [6.45, 7) is 3.82. The first-order valence-corrected chi connectivity index (χ1v) is 10.8. The quantitative estimate of drug-likeness (QED) is 0.420. The van der Waals surface area contributed by atoms with Crippen LogP contribution in [0.3, 0.4) is 0 Å². The zero-order valence-electron chi connectivity index (χ0n) is 17.8. The number of carbonyl (C=O) groups is 1. The van der Waals surface area contributed by atoms with Crippen LogP contribution in [0.5, 0.6) is 0 Å². The van der Waals surface area contributed by atoms with Gasteiger partial charge in [-0.1, -0.05) is 61.1 Å². The fraction of sp³-hybridized carbons (Fsp3) is 0.179. The summed E-state index contributed by atoms with van der Waals surface area (Å²) in [4.78, 5) is 12.8. The van der Waals surface area contributed by atoms with Crippen molar-refractivity contribution in [1.82, 2.24) is 0 Å². The topological polar surface area (TPSA) is 41.1 Å². The van der Waals surface area contributed by atoms with Crippen molar-refractivity contribution < 1.29 is 4.79 Å². The molecule has 1 unspecified atom stereocenters. The van der Waals surface area contributed by atoms with Crippen molar-refractivity contribution in [3.05, 3.63) is 119 Å². The van der Waals surface area contributed by atoms with E-state index in [-0.39, 0.29) is 5.78 Å². The molecule has 156 valence electrons. The Hall–Kier alpha value is -3.59. The number of hydrogen-bond donors (Lipinski definition) is 2. The molecule has 3 aromatic carbocycles. The summed E-state index contributed by atoms with van der Waals surface area (Å²) < 4.78 is 0. The molecule has 0 heterocycles. The Morgan fingerprint density at radius 3 is 1.97 bits per heavy atom. The van der Waals surface area contributed by atoms with Crippen LogP contribution in [0.1, 0.15) is 34.8 Å². The second-order valence-electron chi connectivity index (χ2n) is 8.07. The molecule has 1 atom stereocenters. The fourth-order valence-electron chi connectivity index (χ4n) is 3.72. The Morgan fingerprint density at radius 1 is 0.806 bits per heavy atom. The average molecular weight is 409 g/mol. The maximum atomic E-state index is 12.8. The van der Waals surface area contributed by atoms with E-state index in [0.29, 0.717) is 17.0 Å². The smallest absolute Gasteiger partial charge is 0.193 e. The van der Waals surface area contributed by atoms with E-state index in [0.717, 1.165) is 30.9 Å². The first kappa shape index (κ1) is 20.7. The Balaban J connectivity index is 1.32. The molecule has 0 saturated carbocycles. The number of ketones is 1. The van der Waals surface area contributed by atoms with Crippen molar-refractivity contribution >= 4 is 17.2 Å². The number of rotatable bonds is 8. The van der Waals surface area contributed by atoms with Gasteiger partial charge in [-0.15, -0.1) is 0 Å². The summed E-state index contributed by atoms with van der Waals surface area (Å²) in [7, 11) is 0. The van der Waals surface area contributed by atoms with E-state index < -0.39 is 0 Å². The van der Waals surface area contributed by atoms with Gasteiger partial charge in [0, 0.05) is 35.6 Å². The van der Waals surface area contributed by atoms with Gasteiger partial charge in [-0.2, -0.15) is 0 Å². The fourth-order valence-corrected chi connectivity index (χ4v) is 3.72.